The van der Waals surface area contributed by atoms with Crippen LogP contribution in [0.1, 0.15) is 19.4 Å². The van der Waals surface area contributed by atoms with Crippen LogP contribution in [-0.2, 0) is 0 Å². The zero-order chi connectivity index (χ0) is 17.6. The van der Waals surface area contributed by atoms with Gasteiger partial charge < -0.3 is 20.5 Å². The number of anilines is 1. The van der Waals surface area contributed by atoms with Gasteiger partial charge in [-0.15, -0.1) is 0 Å². The molecule has 0 saturated carbocycles. The van der Waals surface area contributed by atoms with Crippen LogP contribution in [0.25, 0.3) is 0 Å². The van der Waals surface area contributed by atoms with Gasteiger partial charge in [0.2, 0.25) is 0 Å². The zero-order valence-electron chi connectivity index (χ0n) is 13.2. The Morgan fingerprint density at radius 1 is 1.35 bits per heavy atom. The fraction of sp³-hybridized carbons (Fsp3) is 0.533. The van der Waals surface area contributed by atoms with Crippen LogP contribution in [0.15, 0.2) is 18.2 Å². The third-order valence-electron chi connectivity index (χ3n) is 3.42. The number of aliphatic hydroxyl groups excluding tert-OH is 1. The molecule has 3 N–H and O–H groups in total. The van der Waals surface area contributed by atoms with Crippen molar-refractivity contribution in [1.29, 1.82) is 0 Å². The monoisotopic (exact) mass is 334 g/mol. The van der Waals surface area contributed by atoms with Gasteiger partial charge in [-0.2, -0.15) is 13.2 Å². The molecule has 0 spiro atoms. The van der Waals surface area contributed by atoms with Crippen LogP contribution < -0.4 is 15.4 Å². The van der Waals surface area contributed by atoms with Gasteiger partial charge in [0.25, 0.3) is 0 Å². The second kappa shape index (κ2) is 8.05. The fourth-order valence-corrected chi connectivity index (χ4v) is 1.73. The van der Waals surface area contributed by atoms with Crippen LogP contribution in [-0.4, -0.2) is 36.6 Å². The van der Waals surface area contributed by atoms with Crippen LogP contribution >= 0.6 is 0 Å². The number of hydrogen-bond acceptors (Lipinski definition) is 3. The van der Waals surface area contributed by atoms with Crippen LogP contribution in [0.5, 0.6) is 5.75 Å². The van der Waals surface area contributed by atoms with E-state index in [4.69, 9.17) is 9.84 Å². The van der Waals surface area contributed by atoms with Crippen molar-refractivity contribution in [3.63, 3.8) is 0 Å². The molecule has 5 nitrogen and oxygen atoms in total. The molecule has 23 heavy (non-hydrogen) atoms. The Kier molecular flexibility index (Phi) is 6.68. The maximum absolute atomic E-state index is 12.2. The molecular formula is C15H21F3N2O3. The summed E-state index contributed by atoms with van der Waals surface area (Å²) >= 11 is 0. The number of carbonyl (C=O) groups is 1. The molecule has 2 amide bonds. The van der Waals surface area contributed by atoms with Gasteiger partial charge in [0.1, 0.15) is 5.75 Å². The van der Waals surface area contributed by atoms with Crippen LogP contribution in [0.4, 0.5) is 23.7 Å². The number of halogens is 3. The van der Waals surface area contributed by atoms with Crippen molar-refractivity contribution in [2.75, 3.05) is 18.5 Å². The highest BCUT2D eigenvalue weighted by Crippen LogP contribution is 2.27. The maximum Gasteiger partial charge on any atom is 0.422 e. The van der Waals surface area contributed by atoms with Crippen molar-refractivity contribution >= 4 is 11.7 Å². The average Bonchev–Trinajstić information content (AvgIpc) is 2.46. The van der Waals surface area contributed by atoms with Gasteiger partial charge in [-0.05, 0) is 31.9 Å². The second-order valence-electron chi connectivity index (χ2n) is 5.38. The summed E-state index contributed by atoms with van der Waals surface area (Å²) in [5.41, 5.74) is 0.751. The van der Waals surface area contributed by atoms with Crippen molar-refractivity contribution in [3.05, 3.63) is 23.8 Å². The minimum absolute atomic E-state index is 0.0527. The van der Waals surface area contributed by atoms with E-state index < -0.39 is 18.8 Å². The van der Waals surface area contributed by atoms with Crippen molar-refractivity contribution < 1.29 is 27.8 Å². The first kappa shape index (κ1) is 19.1. The van der Waals surface area contributed by atoms with E-state index in [1.165, 1.54) is 12.1 Å². The summed E-state index contributed by atoms with van der Waals surface area (Å²) < 4.78 is 41.4. The summed E-state index contributed by atoms with van der Waals surface area (Å²) in [6, 6.07) is 3.70. The molecule has 0 bridgehead atoms. The summed E-state index contributed by atoms with van der Waals surface area (Å²) in [7, 11) is 0. The Bertz CT molecular complexity index is 535. The SMILES string of the molecule is Cc1c(NC(=O)NC(C)C(C)CO)cccc1OCC(F)(F)F. The third-order valence-corrected chi connectivity index (χ3v) is 3.42. The molecule has 1 aromatic carbocycles. The molecule has 1 rings (SSSR count). The molecule has 0 aliphatic rings. The van der Waals surface area contributed by atoms with E-state index in [-0.39, 0.29) is 24.3 Å². The smallest absolute Gasteiger partial charge is 0.422 e. The molecule has 0 aliphatic heterocycles. The zero-order valence-corrected chi connectivity index (χ0v) is 13.2. The number of alkyl halides is 3. The predicted molar refractivity (Wildman–Crippen MR) is 80.6 cm³/mol. The molecule has 8 heteroatoms. The van der Waals surface area contributed by atoms with Crippen molar-refractivity contribution in [1.82, 2.24) is 5.32 Å². The Labute approximate surface area is 132 Å². The number of hydrogen-bond donors (Lipinski definition) is 3. The van der Waals surface area contributed by atoms with E-state index >= 15 is 0 Å². The Balaban J connectivity index is 2.72. The number of aliphatic hydroxyl groups is 1. The lowest BCUT2D eigenvalue weighted by atomic mass is 10.1. The molecular weight excluding hydrogens is 313 g/mol. The molecule has 0 saturated heterocycles. The minimum Gasteiger partial charge on any atom is -0.484 e. The molecule has 130 valence electrons. The van der Waals surface area contributed by atoms with Gasteiger partial charge in [-0.1, -0.05) is 13.0 Å². The van der Waals surface area contributed by atoms with E-state index in [0.29, 0.717) is 11.3 Å². The number of carbonyl (C=O) groups excluding carboxylic acids is 1. The Morgan fingerprint density at radius 3 is 2.57 bits per heavy atom. The normalized spacial score (nSPS) is 14.0. The number of ether oxygens (including phenoxy) is 1. The van der Waals surface area contributed by atoms with Gasteiger partial charge in [-0.25, -0.2) is 4.79 Å². The van der Waals surface area contributed by atoms with Crippen molar-refractivity contribution in [2.45, 2.75) is 33.0 Å². The standard InChI is InChI=1S/C15H21F3N2O3/c1-9(7-21)11(3)19-14(22)20-12-5-4-6-13(10(12)2)23-8-15(16,17)18/h4-6,9,11,21H,7-8H2,1-3H3,(H2,19,20,22). The first-order valence-electron chi connectivity index (χ1n) is 7.11. The molecule has 1 aromatic rings. The molecule has 0 heterocycles. The summed E-state index contributed by atoms with van der Waals surface area (Å²) in [6.07, 6.45) is -4.43. The lowest BCUT2D eigenvalue weighted by molar-refractivity contribution is -0.153. The average molecular weight is 334 g/mol. The number of nitrogens with one attached hydrogen (secondary N) is 2. The summed E-state index contributed by atoms with van der Waals surface area (Å²) in [4.78, 5) is 11.9. The highest BCUT2D eigenvalue weighted by atomic mass is 19.4. The molecule has 0 fully saturated rings. The van der Waals surface area contributed by atoms with Crippen LogP contribution in [0.2, 0.25) is 0 Å². The van der Waals surface area contributed by atoms with Crippen molar-refractivity contribution in [2.24, 2.45) is 5.92 Å². The molecule has 2 atom stereocenters. The minimum atomic E-state index is -4.43. The maximum atomic E-state index is 12.2. The van der Waals surface area contributed by atoms with Crippen LogP contribution in [0, 0.1) is 12.8 Å². The number of urea groups is 1. The fourth-order valence-electron chi connectivity index (χ4n) is 1.73. The number of benzene rings is 1. The molecule has 0 aromatic heterocycles. The Morgan fingerprint density at radius 2 is 2.00 bits per heavy atom. The summed E-state index contributed by atoms with van der Waals surface area (Å²) in [6.45, 7) is 3.62. The topological polar surface area (TPSA) is 70.6 Å². The van der Waals surface area contributed by atoms with E-state index in [9.17, 15) is 18.0 Å². The highest BCUT2D eigenvalue weighted by Gasteiger charge is 2.28. The second-order valence-corrected chi connectivity index (χ2v) is 5.38. The summed E-state index contributed by atoms with van der Waals surface area (Å²) in [5.74, 6) is -0.0693. The van der Waals surface area contributed by atoms with E-state index in [2.05, 4.69) is 10.6 Å². The molecule has 0 radical (unpaired) electrons. The molecule has 0 aliphatic carbocycles. The molecule has 2 unspecified atom stereocenters. The first-order valence-corrected chi connectivity index (χ1v) is 7.11. The highest BCUT2D eigenvalue weighted by molar-refractivity contribution is 5.90. The predicted octanol–water partition coefficient (Wildman–Crippen LogP) is 3.07. The van der Waals surface area contributed by atoms with Gasteiger partial charge in [0.15, 0.2) is 6.61 Å². The lowest BCUT2D eigenvalue weighted by Gasteiger charge is -2.20. The van der Waals surface area contributed by atoms with Crippen molar-refractivity contribution in [3.8, 4) is 5.75 Å². The van der Waals surface area contributed by atoms with Gasteiger partial charge in [-0.3, -0.25) is 0 Å². The van der Waals surface area contributed by atoms with Gasteiger partial charge in [0, 0.05) is 23.9 Å². The number of rotatable bonds is 6. The first-order chi connectivity index (χ1) is 10.6. The number of amides is 2. The largest absolute Gasteiger partial charge is 0.484 e. The Hall–Kier alpha value is -1.96. The van der Waals surface area contributed by atoms with Gasteiger partial charge in [0.05, 0.1) is 0 Å². The van der Waals surface area contributed by atoms with E-state index in [1.54, 1.807) is 26.8 Å². The third kappa shape index (κ3) is 6.35. The van der Waals surface area contributed by atoms with Gasteiger partial charge >= 0.3 is 12.2 Å². The van der Waals surface area contributed by atoms with E-state index in [0.717, 1.165) is 0 Å². The van der Waals surface area contributed by atoms with Crippen LogP contribution in [0.3, 0.4) is 0 Å². The quantitative estimate of drug-likeness (QED) is 0.749. The van der Waals surface area contributed by atoms with E-state index in [1.807, 2.05) is 0 Å². The lowest BCUT2D eigenvalue weighted by Crippen LogP contribution is -2.40. The summed E-state index contributed by atoms with van der Waals surface area (Å²) in [5, 5.41) is 14.2.